The van der Waals surface area contributed by atoms with Crippen molar-refractivity contribution in [2.75, 3.05) is 6.61 Å². The van der Waals surface area contributed by atoms with E-state index in [1.165, 1.54) is 6.21 Å². The number of nitrogens with one attached hydrogen (secondary N) is 1. The highest BCUT2D eigenvalue weighted by Crippen LogP contribution is 2.16. The molecule has 2 aromatic carbocycles. The number of hydrogen-bond donors (Lipinski definition) is 1. The third-order valence-electron chi connectivity index (χ3n) is 3.65. The van der Waals surface area contributed by atoms with Crippen molar-refractivity contribution in [1.29, 1.82) is 0 Å². The number of benzene rings is 2. The van der Waals surface area contributed by atoms with E-state index in [2.05, 4.69) is 16.9 Å². The summed E-state index contributed by atoms with van der Waals surface area (Å²) in [6.07, 6.45) is 3.58. The van der Waals surface area contributed by atoms with Crippen LogP contribution in [0.25, 0.3) is 0 Å². The van der Waals surface area contributed by atoms with Crippen molar-refractivity contribution in [2.24, 2.45) is 5.10 Å². The van der Waals surface area contributed by atoms with Crippen LogP contribution in [-0.4, -0.2) is 21.2 Å². The molecule has 1 N–H and O–H groups in total. The van der Waals surface area contributed by atoms with Crippen LogP contribution in [0, 0.1) is 13.8 Å². The van der Waals surface area contributed by atoms with E-state index in [0.717, 1.165) is 29.7 Å². The van der Waals surface area contributed by atoms with Crippen molar-refractivity contribution in [3.8, 4) is 5.75 Å². The molecule has 0 saturated heterocycles. The molecule has 0 atom stereocenters. The van der Waals surface area contributed by atoms with Gasteiger partial charge in [-0.3, -0.25) is 0 Å². The summed E-state index contributed by atoms with van der Waals surface area (Å²) in [5.74, 6) is 0.793. The highest BCUT2D eigenvalue weighted by molar-refractivity contribution is 7.89. The quantitative estimate of drug-likeness (QED) is 0.442. The standard InChI is InChI=1S/C19H24N2O3S/c1-4-5-12-24-18-9-7-17(8-10-18)14-20-21-25(22,23)19-11-6-15(2)13-16(19)3/h6-11,13-14,21H,4-5,12H2,1-3H3/b20-14+. The minimum atomic E-state index is -3.67. The summed E-state index contributed by atoms with van der Waals surface area (Å²) in [5.41, 5.74) is 2.49. The van der Waals surface area contributed by atoms with Gasteiger partial charge < -0.3 is 4.74 Å². The average Bonchev–Trinajstić information content (AvgIpc) is 2.56. The summed E-state index contributed by atoms with van der Waals surface area (Å²) in [6.45, 7) is 6.49. The SMILES string of the molecule is CCCCOc1ccc(/C=N/NS(=O)(=O)c2ccc(C)cc2C)cc1. The van der Waals surface area contributed by atoms with E-state index in [1.54, 1.807) is 19.1 Å². The molecular formula is C19H24N2O3S. The van der Waals surface area contributed by atoms with Gasteiger partial charge in [0.2, 0.25) is 0 Å². The number of sulfonamides is 1. The molecule has 0 radical (unpaired) electrons. The monoisotopic (exact) mass is 360 g/mol. The molecule has 0 aromatic heterocycles. The van der Waals surface area contributed by atoms with Crippen LogP contribution in [0.15, 0.2) is 52.5 Å². The molecule has 0 unspecified atom stereocenters. The van der Waals surface area contributed by atoms with Gasteiger partial charge >= 0.3 is 0 Å². The smallest absolute Gasteiger partial charge is 0.276 e. The fourth-order valence-corrected chi connectivity index (χ4v) is 3.32. The fourth-order valence-electron chi connectivity index (χ4n) is 2.30. The van der Waals surface area contributed by atoms with Gasteiger partial charge in [0.25, 0.3) is 10.0 Å². The van der Waals surface area contributed by atoms with Gasteiger partial charge in [-0.25, -0.2) is 4.83 Å². The predicted molar refractivity (Wildman–Crippen MR) is 101 cm³/mol. The normalized spacial score (nSPS) is 11.6. The first-order chi connectivity index (χ1) is 11.9. The van der Waals surface area contributed by atoms with Crippen LogP contribution in [-0.2, 0) is 10.0 Å². The van der Waals surface area contributed by atoms with E-state index in [1.807, 2.05) is 37.3 Å². The minimum absolute atomic E-state index is 0.231. The molecule has 0 heterocycles. The number of aryl methyl sites for hydroxylation is 2. The molecular weight excluding hydrogens is 336 g/mol. The number of unbranched alkanes of at least 4 members (excludes halogenated alkanes) is 1. The van der Waals surface area contributed by atoms with Crippen LogP contribution in [0.3, 0.4) is 0 Å². The molecule has 0 aliphatic rings. The number of nitrogens with zero attached hydrogens (tertiary/aromatic N) is 1. The van der Waals surface area contributed by atoms with Crippen LogP contribution in [0.1, 0.15) is 36.5 Å². The molecule has 6 heteroatoms. The lowest BCUT2D eigenvalue weighted by Gasteiger charge is -2.07. The topological polar surface area (TPSA) is 67.8 Å². The van der Waals surface area contributed by atoms with E-state index >= 15 is 0 Å². The first kappa shape index (κ1) is 19.0. The largest absolute Gasteiger partial charge is 0.494 e. The Balaban J connectivity index is 1.99. The summed E-state index contributed by atoms with van der Waals surface area (Å²) in [5, 5.41) is 3.85. The maximum absolute atomic E-state index is 12.3. The summed E-state index contributed by atoms with van der Waals surface area (Å²) in [6, 6.07) is 12.5. The Morgan fingerprint density at radius 1 is 1.12 bits per heavy atom. The van der Waals surface area contributed by atoms with Crippen LogP contribution >= 0.6 is 0 Å². The molecule has 0 aliphatic carbocycles. The Morgan fingerprint density at radius 2 is 1.84 bits per heavy atom. The summed E-state index contributed by atoms with van der Waals surface area (Å²) in [4.78, 5) is 2.48. The molecule has 0 saturated carbocycles. The zero-order valence-corrected chi connectivity index (χ0v) is 15.6. The number of hydrogen-bond acceptors (Lipinski definition) is 4. The zero-order valence-electron chi connectivity index (χ0n) is 14.8. The second kappa shape index (κ2) is 8.67. The Labute approximate surface area is 149 Å². The first-order valence-corrected chi connectivity index (χ1v) is 9.75. The molecule has 2 rings (SSSR count). The second-order valence-corrected chi connectivity index (χ2v) is 7.52. The maximum Gasteiger partial charge on any atom is 0.276 e. The van der Waals surface area contributed by atoms with Gasteiger partial charge in [-0.1, -0.05) is 31.0 Å². The lowest BCUT2D eigenvalue weighted by molar-refractivity contribution is 0.309. The van der Waals surface area contributed by atoms with Gasteiger partial charge in [0.05, 0.1) is 17.7 Å². The van der Waals surface area contributed by atoms with Gasteiger partial charge in [0.1, 0.15) is 5.75 Å². The molecule has 0 bridgehead atoms. The maximum atomic E-state index is 12.3. The third kappa shape index (κ3) is 5.60. The zero-order chi connectivity index (χ0) is 18.3. The van der Waals surface area contributed by atoms with Crippen molar-refractivity contribution in [1.82, 2.24) is 4.83 Å². The minimum Gasteiger partial charge on any atom is -0.494 e. The molecule has 134 valence electrons. The van der Waals surface area contributed by atoms with Crippen molar-refractivity contribution >= 4 is 16.2 Å². The van der Waals surface area contributed by atoms with Crippen molar-refractivity contribution in [2.45, 2.75) is 38.5 Å². The van der Waals surface area contributed by atoms with Crippen molar-refractivity contribution < 1.29 is 13.2 Å². The molecule has 0 aliphatic heterocycles. The Kier molecular flexibility index (Phi) is 6.58. The summed E-state index contributed by atoms with van der Waals surface area (Å²) in [7, 11) is -3.67. The highest BCUT2D eigenvalue weighted by atomic mass is 32.2. The lowest BCUT2D eigenvalue weighted by Crippen LogP contribution is -2.19. The van der Waals surface area contributed by atoms with Gasteiger partial charge in [0.15, 0.2) is 0 Å². The average molecular weight is 360 g/mol. The Hall–Kier alpha value is -2.34. The van der Waals surface area contributed by atoms with E-state index in [-0.39, 0.29) is 4.90 Å². The van der Waals surface area contributed by atoms with Crippen molar-refractivity contribution in [3.63, 3.8) is 0 Å². The molecule has 2 aromatic rings. The first-order valence-electron chi connectivity index (χ1n) is 8.27. The molecule has 25 heavy (non-hydrogen) atoms. The van der Waals surface area contributed by atoms with Gasteiger partial charge in [-0.2, -0.15) is 13.5 Å². The molecule has 5 nitrogen and oxygen atoms in total. The van der Waals surface area contributed by atoms with Crippen LogP contribution < -0.4 is 9.57 Å². The molecule has 0 fully saturated rings. The van der Waals surface area contributed by atoms with Gasteiger partial charge in [-0.05, 0) is 61.7 Å². The van der Waals surface area contributed by atoms with E-state index in [4.69, 9.17) is 4.74 Å². The Morgan fingerprint density at radius 3 is 2.48 bits per heavy atom. The fraction of sp³-hybridized carbons (Fsp3) is 0.316. The summed E-state index contributed by atoms with van der Waals surface area (Å²) >= 11 is 0. The lowest BCUT2D eigenvalue weighted by atomic mass is 10.2. The number of ether oxygens (including phenoxy) is 1. The molecule has 0 spiro atoms. The van der Waals surface area contributed by atoms with Crippen LogP contribution in [0.2, 0.25) is 0 Å². The Bertz CT molecular complexity index is 828. The van der Waals surface area contributed by atoms with Crippen LogP contribution in [0.5, 0.6) is 5.75 Å². The highest BCUT2D eigenvalue weighted by Gasteiger charge is 2.15. The van der Waals surface area contributed by atoms with E-state index < -0.39 is 10.0 Å². The van der Waals surface area contributed by atoms with Gasteiger partial charge in [-0.15, -0.1) is 0 Å². The van der Waals surface area contributed by atoms with E-state index in [0.29, 0.717) is 12.2 Å². The number of rotatable bonds is 8. The second-order valence-electron chi connectivity index (χ2n) is 5.89. The van der Waals surface area contributed by atoms with E-state index in [9.17, 15) is 8.42 Å². The molecule has 0 amide bonds. The van der Waals surface area contributed by atoms with Crippen LogP contribution in [0.4, 0.5) is 0 Å². The van der Waals surface area contributed by atoms with Gasteiger partial charge in [0, 0.05) is 0 Å². The predicted octanol–water partition coefficient (Wildman–Crippen LogP) is 3.79. The van der Waals surface area contributed by atoms with Crippen molar-refractivity contribution in [3.05, 3.63) is 59.2 Å². The summed E-state index contributed by atoms with van der Waals surface area (Å²) < 4.78 is 30.2. The third-order valence-corrected chi connectivity index (χ3v) is 5.04. The number of hydrazone groups is 1.